The molecule has 0 aromatic heterocycles. The zero-order chi connectivity index (χ0) is 15.3. The minimum Gasteiger partial charge on any atom is -0.352 e. The highest BCUT2D eigenvalue weighted by atomic mass is 79.9. The summed E-state index contributed by atoms with van der Waals surface area (Å²) in [5.74, 6) is -1.46. The molecule has 1 rings (SSSR count). The van der Waals surface area contributed by atoms with Gasteiger partial charge in [0, 0.05) is 11.0 Å². The molecule has 0 aliphatic heterocycles. The Morgan fingerprint density at radius 3 is 2.60 bits per heavy atom. The van der Waals surface area contributed by atoms with Crippen LogP contribution in [0.2, 0.25) is 0 Å². The fraction of sp³-hybridized carbons (Fsp3) is 0.417. The zero-order valence-corrected chi connectivity index (χ0v) is 13.4. The predicted molar refractivity (Wildman–Crippen MR) is 77.3 cm³/mol. The van der Waals surface area contributed by atoms with Gasteiger partial charge in [-0.1, -0.05) is 19.8 Å². The standard InChI is InChI=1S/C12H16BrFN2O3S/c1-2-3-4-5-16-12(17)8-6-11(20(15,18)19)9(13)7-10(8)14/h6-7H,2-5H2,1H3,(H,16,17)(H2,15,18,19). The smallest absolute Gasteiger partial charge is 0.254 e. The summed E-state index contributed by atoms with van der Waals surface area (Å²) in [6, 6.07) is 1.85. The summed E-state index contributed by atoms with van der Waals surface area (Å²) in [5, 5.41) is 7.55. The van der Waals surface area contributed by atoms with Crippen LogP contribution in [0.25, 0.3) is 0 Å². The largest absolute Gasteiger partial charge is 0.352 e. The molecule has 0 unspecified atom stereocenters. The number of nitrogens with two attached hydrogens (primary N) is 1. The van der Waals surface area contributed by atoms with Crippen LogP contribution in [-0.4, -0.2) is 20.9 Å². The van der Waals surface area contributed by atoms with Gasteiger partial charge in [-0.05, 0) is 34.5 Å². The first-order valence-electron chi connectivity index (χ1n) is 6.07. The second-order valence-electron chi connectivity index (χ2n) is 4.27. The molecular weight excluding hydrogens is 351 g/mol. The van der Waals surface area contributed by atoms with E-state index in [0.717, 1.165) is 31.4 Å². The maximum atomic E-state index is 13.7. The van der Waals surface area contributed by atoms with Gasteiger partial charge in [-0.25, -0.2) is 17.9 Å². The van der Waals surface area contributed by atoms with Crippen molar-refractivity contribution in [1.82, 2.24) is 5.32 Å². The Morgan fingerprint density at radius 1 is 1.40 bits per heavy atom. The van der Waals surface area contributed by atoms with Gasteiger partial charge >= 0.3 is 0 Å². The number of halogens is 2. The molecule has 0 atom stereocenters. The maximum absolute atomic E-state index is 13.7. The molecule has 0 heterocycles. The van der Waals surface area contributed by atoms with E-state index in [-0.39, 0.29) is 14.9 Å². The number of primary sulfonamides is 1. The second kappa shape index (κ2) is 7.14. The lowest BCUT2D eigenvalue weighted by atomic mass is 10.2. The van der Waals surface area contributed by atoms with Crippen molar-refractivity contribution in [2.24, 2.45) is 5.14 Å². The molecule has 0 aliphatic rings. The van der Waals surface area contributed by atoms with Crippen molar-refractivity contribution in [2.45, 2.75) is 31.1 Å². The summed E-state index contributed by atoms with van der Waals surface area (Å²) in [6.07, 6.45) is 2.73. The molecule has 0 saturated heterocycles. The summed E-state index contributed by atoms with van der Waals surface area (Å²) < 4.78 is 36.4. The SMILES string of the molecule is CCCCCNC(=O)c1cc(S(N)(=O)=O)c(Br)cc1F. The van der Waals surface area contributed by atoms with Crippen molar-refractivity contribution in [1.29, 1.82) is 0 Å². The molecule has 0 fully saturated rings. The Hall–Kier alpha value is -0.990. The number of hydrogen-bond donors (Lipinski definition) is 2. The van der Waals surface area contributed by atoms with Gasteiger partial charge in [0.25, 0.3) is 5.91 Å². The first-order chi connectivity index (χ1) is 9.27. The molecule has 5 nitrogen and oxygen atoms in total. The highest BCUT2D eigenvalue weighted by Crippen LogP contribution is 2.24. The molecule has 1 amide bonds. The van der Waals surface area contributed by atoms with Crippen molar-refractivity contribution in [3.63, 3.8) is 0 Å². The summed E-state index contributed by atoms with van der Waals surface area (Å²) in [5.41, 5.74) is -0.339. The van der Waals surface area contributed by atoms with Crippen molar-refractivity contribution >= 4 is 31.9 Å². The van der Waals surface area contributed by atoms with Gasteiger partial charge in [0.15, 0.2) is 0 Å². The zero-order valence-electron chi connectivity index (χ0n) is 10.9. The minimum absolute atomic E-state index is 0.0139. The number of unbranched alkanes of at least 4 members (excludes halogenated alkanes) is 2. The predicted octanol–water partition coefficient (Wildman–Crippen LogP) is 2.16. The number of sulfonamides is 1. The number of benzene rings is 1. The van der Waals surface area contributed by atoms with Crippen molar-refractivity contribution < 1.29 is 17.6 Å². The maximum Gasteiger partial charge on any atom is 0.254 e. The van der Waals surface area contributed by atoms with Gasteiger partial charge < -0.3 is 5.32 Å². The van der Waals surface area contributed by atoms with Crippen LogP contribution in [0.1, 0.15) is 36.5 Å². The summed E-state index contributed by atoms with van der Waals surface area (Å²) in [6.45, 7) is 2.43. The van der Waals surface area contributed by atoms with E-state index < -0.39 is 21.7 Å². The van der Waals surface area contributed by atoms with Crippen LogP contribution in [0.5, 0.6) is 0 Å². The van der Waals surface area contributed by atoms with Gasteiger partial charge in [-0.15, -0.1) is 0 Å². The quantitative estimate of drug-likeness (QED) is 0.755. The number of amides is 1. The summed E-state index contributed by atoms with van der Waals surface area (Å²) >= 11 is 2.91. The van der Waals surface area contributed by atoms with Crippen LogP contribution in [0, 0.1) is 5.82 Å². The van der Waals surface area contributed by atoms with E-state index in [1.807, 2.05) is 6.92 Å². The van der Waals surface area contributed by atoms with Crippen molar-refractivity contribution in [3.8, 4) is 0 Å². The van der Waals surface area contributed by atoms with E-state index >= 15 is 0 Å². The van der Waals surface area contributed by atoms with Crippen LogP contribution in [0.15, 0.2) is 21.5 Å². The van der Waals surface area contributed by atoms with Gasteiger partial charge in [0.1, 0.15) is 5.82 Å². The van der Waals surface area contributed by atoms with Gasteiger partial charge in [0.05, 0.1) is 10.5 Å². The van der Waals surface area contributed by atoms with E-state index in [2.05, 4.69) is 21.2 Å². The fourth-order valence-corrected chi connectivity index (χ4v) is 3.20. The van der Waals surface area contributed by atoms with E-state index in [4.69, 9.17) is 5.14 Å². The molecule has 20 heavy (non-hydrogen) atoms. The van der Waals surface area contributed by atoms with Gasteiger partial charge in [0.2, 0.25) is 10.0 Å². The lowest BCUT2D eigenvalue weighted by molar-refractivity contribution is 0.0948. The van der Waals surface area contributed by atoms with Crippen molar-refractivity contribution in [3.05, 3.63) is 28.0 Å². The molecule has 1 aromatic rings. The minimum atomic E-state index is -4.03. The second-order valence-corrected chi connectivity index (χ2v) is 6.65. The normalized spacial score (nSPS) is 11.4. The molecule has 3 N–H and O–H groups in total. The molecule has 0 aliphatic carbocycles. The summed E-state index contributed by atoms with van der Waals surface area (Å²) in [7, 11) is -4.03. The lowest BCUT2D eigenvalue weighted by Crippen LogP contribution is -2.26. The van der Waals surface area contributed by atoms with E-state index in [0.29, 0.717) is 6.54 Å². The molecule has 0 radical (unpaired) electrons. The first-order valence-corrected chi connectivity index (χ1v) is 8.41. The molecule has 1 aromatic carbocycles. The highest BCUT2D eigenvalue weighted by Gasteiger charge is 2.20. The number of rotatable bonds is 6. The number of carbonyl (C=O) groups excluding carboxylic acids is 1. The fourth-order valence-electron chi connectivity index (χ4n) is 1.59. The molecule has 0 bridgehead atoms. The van der Waals surface area contributed by atoms with E-state index in [1.165, 1.54) is 0 Å². The first kappa shape index (κ1) is 17.1. The van der Waals surface area contributed by atoms with E-state index in [1.54, 1.807) is 0 Å². The lowest BCUT2D eigenvalue weighted by Gasteiger charge is -2.09. The topological polar surface area (TPSA) is 89.3 Å². The van der Waals surface area contributed by atoms with Crippen molar-refractivity contribution in [2.75, 3.05) is 6.54 Å². The molecule has 0 spiro atoms. The van der Waals surface area contributed by atoms with Crippen LogP contribution in [-0.2, 0) is 10.0 Å². The van der Waals surface area contributed by atoms with E-state index in [9.17, 15) is 17.6 Å². The number of carbonyl (C=O) groups is 1. The van der Waals surface area contributed by atoms with Crippen LogP contribution in [0.3, 0.4) is 0 Å². The van der Waals surface area contributed by atoms with Crippen LogP contribution >= 0.6 is 15.9 Å². The molecule has 112 valence electrons. The Bertz CT molecular complexity index is 605. The Morgan fingerprint density at radius 2 is 2.05 bits per heavy atom. The Balaban J connectivity index is 2.98. The van der Waals surface area contributed by atoms with Gasteiger partial charge in [-0.3, -0.25) is 4.79 Å². The average molecular weight is 367 g/mol. The van der Waals surface area contributed by atoms with Gasteiger partial charge in [-0.2, -0.15) is 0 Å². The molecule has 0 saturated carbocycles. The third-order valence-corrected chi connectivity index (χ3v) is 4.51. The molecule has 8 heteroatoms. The third kappa shape index (κ3) is 4.53. The average Bonchev–Trinajstić information content (AvgIpc) is 2.32. The Kier molecular flexibility index (Phi) is 6.09. The third-order valence-electron chi connectivity index (χ3n) is 2.64. The molecular formula is C12H16BrFN2O3S. The summed E-state index contributed by atoms with van der Waals surface area (Å²) in [4.78, 5) is 11.5. The monoisotopic (exact) mass is 366 g/mol. The number of nitrogens with one attached hydrogen (secondary N) is 1. The highest BCUT2D eigenvalue weighted by molar-refractivity contribution is 9.10. The Labute approximate surface area is 125 Å². The van der Waals surface area contributed by atoms with Crippen LogP contribution in [0.4, 0.5) is 4.39 Å². The van der Waals surface area contributed by atoms with Crippen LogP contribution < -0.4 is 10.5 Å². The number of hydrogen-bond acceptors (Lipinski definition) is 3.